The summed E-state index contributed by atoms with van der Waals surface area (Å²) >= 11 is 0. The molecule has 0 bridgehead atoms. The minimum atomic E-state index is -1.71. The van der Waals surface area contributed by atoms with E-state index in [0.29, 0.717) is 6.54 Å². The molecule has 1 atom stereocenters. The van der Waals surface area contributed by atoms with Crippen molar-refractivity contribution in [1.82, 2.24) is 5.32 Å². The minimum Gasteiger partial charge on any atom is -0.479 e. The summed E-state index contributed by atoms with van der Waals surface area (Å²) in [5, 5.41) is 20.9. The molecule has 82 valence electrons. The number of hydrogen-bond acceptors (Lipinski definition) is 3. The normalized spacial score (nSPS) is 14.5. The summed E-state index contributed by atoms with van der Waals surface area (Å²) in [6.07, 6.45) is 0. The third-order valence-electron chi connectivity index (χ3n) is 2.10. The van der Waals surface area contributed by atoms with Crippen LogP contribution in [-0.2, 0) is 11.3 Å². The zero-order valence-corrected chi connectivity index (χ0v) is 8.60. The topological polar surface area (TPSA) is 69.6 Å². The summed E-state index contributed by atoms with van der Waals surface area (Å²) < 4.78 is 0. The molecule has 0 amide bonds. The van der Waals surface area contributed by atoms with Crippen molar-refractivity contribution in [3.8, 4) is 0 Å². The lowest BCUT2D eigenvalue weighted by molar-refractivity contribution is -0.156. The number of nitrogens with one attached hydrogen (secondary N) is 1. The number of carbonyl (C=O) groups is 1. The second-order valence-corrected chi connectivity index (χ2v) is 3.67. The lowest BCUT2D eigenvalue weighted by atomic mass is 10.1. The van der Waals surface area contributed by atoms with Crippen LogP contribution in [0.15, 0.2) is 30.3 Å². The van der Waals surface area contributed by atoms with Crippen molar-refractivity contribution in [2.45, 2.75) is 19.1 Å². The van der Waals surface area contributed by atoms with E-state index in [0.717, 1.165) is 5.56 Å². The monoisotopic (exact) mass is 209 g/mol. The van der Waals surface area contributed by atoms with Crippen LogP contribution in [0.3, 0.4) is 0 Å². The number of aliphatic carboxylic acids is 1. The van der Waals surface area contributed by atoms with Crippen LogP contribution < -0.4 is 5.32 Å². The van der Waals surface area contributed by atoms with E-state index in [-0.39, 0.29) is 6.54 Å². The average molecular weight is 209 g/mol. The second-order valence-electron chi connectivity index (χ2n) is 3.67. The van der Waals surface area contributed by atoms with E-state index in [2.05, 4.69) is 5.32 Å². The van der Waals surface area contributed by atoms with E-state index in [1.807, 2.05) is 30.3 Å². The summed E-state index contributed by atoms with van der Waals surface area (Å²) in [4.78, 5) is 10.6. The van der Waals surface area contributed by atoms with Crippen LogP contribution in [0.25, 0.3) is 0 Å². The fraction of sp³-hybridized carbons (Fsp3) is 0.364. The molecule has 15 heavy (non-hydrogen) atoms. The Bertz CT molecular complexity index is 322. The summed E-state index contributed by atoms with van der Waals surface area (Å²) in [6.45, 7) is 1.84. The van der Waals surface area contributed by atoms with Gasteiger partial charge >= 0.3 is 5.97 Å². The molecule has 0 aromatic heterocycles. The molecule has 0 heterocycles. The molecular weight excluding hydrogens is 194 g/mol. The molecule has 3 N–H and O–H groups in total. The van der Waals surface area contributed by atoms with E-state index in [9.17, 15) is 9.90 Å². The smallest absolute Gasteiger partial charge is 0.336 e. The van der Waals surface area contributed by atoms with Gasteiger partial charge in [0.05, 0.1) is 0 Å². The number of aliphatic hydroxyl groups is 1. The van der Waals surface area contributed by atoms with Crippen molar-refractivity contribution in [1.29, 1.82) is 0 Å². The molecule has 4 nitrogen and oxygen atoms in total. The first-order valence-electron chi connectivity index (χ1n) is 4.73. The summed E-state index contributed by atoms with van der Waals surface area (Å²) in [5.74, 6) is -1.22. The van der Waals surface area contributed by atoms with E-state index >= 15 is 0 Å². The summed E-state index contributed by atoms with van der Waals surface area (Å²) in [5.41, 5.74) is -0.659. The Labute approximate surface area is 88.6 Å². The van der Waals surface area contributed by atoms with Crippen molar-refractivity contribution >= 4 is 5.97 Å². The van der Waals surface area contributed by atoms with Gasteiger partial charge in [-0.2, -0.15) is 0 Å². The van der Waals surface area contributed by atoms with Crippen molar-refractivity contribution in [2.75, 3.05) is 6.54 Å². The third-order valence-corrected chi connectivity index (χ3v) is 2.10. The van der Waals surface area contributed by atoms with Crippen LogP contribution in [0.4, 0.5) is 0 Å². The fourth-order valence-corrected chi connectivity index (χ4v) is 1.12. The highest BCUT2D eigenvalue weighted by molar-refractivity contribution is 5.76. The number of carboxylic acids is 1. The van der Waals surface area contributed by atoms with Crippen LogP contribution in [0.5, 0.6) is 0 Å². The van der Waals surface area contributed by atoms with Gasteiger partial charge in [-0.3, -0.25) is 0 Å². The van der Waals surface area contributed by atoms with Crippen molar-refractivity contribution in [3.63, 3.8) is 0 Å². The van der Waals surface area contributed by atoms with Gasteiger partial charge in [0.25, 0.3) is 0 Å². The predicted octanol–water partition coefficient (Wildman–Crippen LogP) is 0.612. The van der Waals surface area contributed by atoms with Crippen molar-refractivity contribution in [2.24, 2.45) is 0 Å². The zero-order valence-electron chi connectivity index (χ0n) is 8.60. The zero-order chi connectivity index (χ0) is 11.3. The molecule has 1 aromatic rings. The Hall–Kier alpha value is -1.39. The van der Waals surface area contributed by atoms with E-state index in [1.165, 1.54) is 6.92 Å². The van der Waals surface area contributed by atoms with Crippen LogP contribution >= 0.6 is 0 Å². The highest BCUT2D eigenvalue weighted by Gasteiger charge is 2.28. The molecule has 0 radical (unpaired) electrons. The molecule has 0 saturated carbocycles. The molecule has 1 aromatic carbocycles. The Morgan fingerprint density at radius 2 is 2.00 bits per heavy atom. The maximum absolute atomic E-state index is 10.6. The Kier molecular flexibility index (Phi) is 3.82. The van der Waals surface area contributed by atoms with Crippen LogP contribution in [0.2, 0.25) is 0 Å². The largest absolute Gasteiger partial charge is 0.479 e. The molecule has 0 aliphatic rings. The van der Waals surface area contributed by atoms with Gasteiger partial charge in [0, 0.05) is 13.1 Å². The maximum atomic E-state index is 10.6. The van der Waals surface area contributed by atoms with Crippen LogP contribution in [0.1, 0.15) is 12.5 Å². The van der Waals surface area contributed by atoms with E-state index in [4.69, 9.17) is 5.11 Å². The van der Waals surface area contributed by atoms with Crippen molar-refractivity contribution in [3.05, 3.63) is 35.9 Å². The molecule has 0 saturated heterocycles. The molecular formula is C11H15NO3. The van der Waals surface area contributed by atoms with E-state index in [1.54, 1.807) is 0 Å². The molecule has 0 spiro atoms. The lowest BCUT2D eigenvalue weighted by Crippen LogP contribution is -2.44. The van der Waals surface area contributed by atoms with Gasteiger partial charge in [-0.1, -0.05) is 30.3 Å². The molecule has 0 aliphatic heterocycles. The van der Waals surface area contributed by atoms with Gasteiger partial charge in [0.15, 0.2) is 5.60 Å². The Morgan fingerprint density at radius 1 is 1.40 bits per heavy atom. The summed E-state index contributed by atoms with van der Waals surface area (Å²) in [7, 11) is 0. The first kappa shape index (κ1) is 11.7. The minimum absolute atomic E-state index is 0.0250. The van der Waals surface area contributed by atoms with Crippen LogP contribution in [-0.4, -0.2) is 28.3 Å². The van der Waals surface area contributed by atoms with Gasteiger partial charge in [0.1, 0.15) is 0 Å². The fourth-order valence-electron chi connectivity index (χ4n) is 1.12. The maximum Gasteiger partial charge on any atom is 0.336 e. The number of rotatable bonds is 5. The lowest BCUT2D eigenvalue weighted by Gasteiger charge is -2.18. The average Bonchev–Trinajstić information content (AvgIpc) is 2.19. The van der Waals surface area contributed by atoms with Gasteiger partial charge in [0.2, 0.25) is 0 Å². The number of hydrogen-bond donors (Lipinski definition) is 3. The van der Waals surface area contributed by atoms with Crippen LogP contribution in [0, 0.1) is 0 Å². The molecule has 1 unspecified atom stereocenters. The Morgan fingerprint density at radius 3 is 2.53 bits per heavy atom. The molecule has 4 heteroatoms. The standard InChI is InChI=1S/C11H15NO3/c1-11(15,10(13)14)8-12-7-9-5-3-2-4-6-9/h2-6,12,15H,7-8H2,1H3,(H,13,14). The second kappa shape index (κ2) is 4.91. The van der Waals surface area contributed by atoms with Gasteiger partial charge < -0.3 is 15.5 Å². The molecule has 1 rings (SSSR count). The quantitative estimate of drug-likeness (QED) is 0.664. The first-order chi connectivity index (χ1) is 7.02. The van der Waals surface area contributed by atoms with Gasteiger partial charge in [-0.05, 0) is 12.5 Å². The number of benzene rings is 1. The number of carboxylic acid groups (broad SMARTS) is 1. The highest BCUT2D eigenvalue weighted by Crippen LogP contribution is 2.02. The predicted molar refractivity (Wildman–Crippen MR) is 56.4 cm³/mol. The first-order valence-corrected chi connectivity index (χ1v) is 4.73. The van der Waals surface area contributed by atoms with Gasteiger partial charge in [-0.15, -0.1) is 0 Å². The summed E-state index contributed by atoms with van der Waals surface area (Å²) in [6, 6.07) is 9.60. The molecule has 0 aliphatic carbocycles. The SMILES string of the molecule is CC(O)(CNCc1ccccc1)C(=O)O. The van der Waals surface area contributed by atoms with E-state index < -0.39 is 11.6 Å². The molecule has 0 fully saturated rings. The van der Waals surface area contributed by atoms with Gasteiger partial charge in [-0.25, -0.2) is 4.79 Å². The Balaban J connectivity index is 2.37. The van der Waals surface area contributed by atoms with Crippen molar-refractivity contribution < 1.29 is 15.0 Å². The highest BCUT2D eigenvalue weighted by atomic mass is 16.4. The third kappa shape index (κ3) is 3.69.